The second-order valence-electron chi connectivity index (χ2n) is 3.92. The van der Waals surface area contributed by atoms with Gasteiger partial charge in [0.1, 0.15) is 11.6 Å². The number of amides is 1. The van der Waals surface area contributed by atoms with Crippen molar-refractivity contribution < 1.29 is 13.9 Å². The van der Waals surface area contributed by atoms with Gasteiger partial charge in [0.2, 0.25) is 0 Å². The van der Waals surface area contributed by atoms with Crippen LogP contribution in [0.1, 0.15) is 0 Å². The monoisotopic (exact) mass is 357 g/mol. The average molecular weight is 359 g/mol. The van der Waals surface area contributed by atoms with E-state index in [1.54, 1.807) is 18.2 Å². The van der Waals surface area contributed by atoms with Crippen LogP contribution in [-0.2, 0) is 4.79 Å². The van der Waals surface area contributed by atoms with Crippen molar-refractivity contribution in [2.75, 3.05) is 11.9 Å². The predicted octanol–water partition coefficient (Wildman–Crippen LogP) is 4.26. The molecule has 3 nitrogen and oxygen atoms in total. The summed E-state index contributed by atoms with van der Waals surface area (Å²) in [5.74, 6) is -0.512. The number of ether oxygens (including phenoxy) is 1. The summed E-state index contributed by atoms with van der Waals surface area (Å²) in [5, 5.41) is 2.63. The molecule has 104 valence electrons. The van der Waals surface area contributed by atoms with Crippen LogP contribution in [0, 0.1) is 5.82 Å². The van der Waals surface area contributed by atoms with Crippen LogP contribution in [0.15, 0.2) is 46.9 Å². The maximum atomic E-state index is 13.0. The van der Waals surface area contributed by atoms with E-state index >= 15 is 0 Å². The Kier molecular flexibility index (Phi) is 4.98. The standard InChI is InChI=1S/C14H10BrClFNO2/c15-9-2-1-3-10(6-9)18-14(19)8-20-11-4-5-13(17)12(16)7-11/h1-7H,8H2,(H,18,19). The minimum absolute atomic E-state index is 0.0464. The van der Waals surface area contributed by atoms with Gasteiger partial charge >= 0.3 is 0 Å². The van der Waals surface area contributed by atoms with Crippen molar-refractivity contribution in [2.24, 2.45) is 0 Å². The highest BCUT2D eigenvalue weighted by Crippen LogP contribution is 2.21. The van der Waals surface area contributed by atoms with Crippen molar-refractivity contribution in [3.05, 3.63) is 57.8 Å². The lowest BCUT2D eigenvalue weighted by atomic mass is 10.3. The normalized spacial score (nSPS) is 10.2. The van der Waals surface area contributed by atoms with Gasteiger partial charge in [-0.15, -0.1) is 0 Å². The molecule has 2 aromatic carbocycles. The van der Waals surface area contributed by atoms with Crippen LogP contribution in [0.2, 0.25) is 5.02 Å². The lowest BCUT2D eigenvalue weighted by molar-refractivity contribution is -0.118. The molecule has 0 radical (unpaired) electrons. The van der Waals surface area contributed by atoms with E-state index in [1.165, 1.54) is 18.2 Å². The zero-order chi connectivity index (χ0) is 14.5. The Morgan fingerprint density at radius 3 is 2.80 bits per heavy atom. The molecule has 2 aromatic rings. The van der Waals surface area contributed by atoms with Crippen molar-refractivity contribution in [1.29, 1.82) is 0 Å². The number of hydrogen-bond donors (Lipinski definition) is 1. The Morgan fingerprint density at radius 2 is 2.10 bits per heavy atom. The zero-order valence-corrected chi connectivity index (χ0v) is 12.5. The molecule has 0 spiro atoms. The van der Waals surface area contributed by atoms with Crippen molar-refractivity contribution in [1.82, 2.24) is 0 Å². The fourth-order valence-electron chi connectivity index (χ4n) is 1.48. The highest BCUT2D eigenvalue weighted by Gasteiger charge is 2.06. The first-order chi connectivity index (χ1) is 9.54. The molecule has 0 heterocycles. The fourth-order valence-corrected chi connectivity index (χ4v) is 2.05. The first kappa shape index (κ1) is 14.8. The number of hydrogen-bond acceptors (Lipinski definition) is 2. The molecule has 1 amide bonds. The lowest BCUT2D eigenvalue weighted by Crippen LogP contribution is -2.20. The van der Waals surface area contributed by atoms with Gasteiger partial charge in [0.05, 0.1) is 5.02 Å². The molecule has 0 saturated carbocycles. The van der Waals surface area contributed by atoms with Crippen molar-refractivity contribution in [3.63, 3.8) is 0 Å². The summed E-state index contributed by atoms with van der Waals surface area (Å²) in [4.78, 5) is 11.7. The molecular formula is C14H10BrClFNO2. The van der Waals surface area contributed by atoms with Crippen LogP contribution >= 0.6 is 27.5 Å². The molecule has 0 aromatic heterocycles. The quantitative estimate of drug-likeness (QED) is 0.887. The van der Waals surface area contributed by atoms with Crippen molar-refractivity contribution >= 4 is 39.1 Å². The molecule has 0 unspecified atom stereocenters. The highest BCUT2D eigenvalue weighted by molar-refractivity contribution is 9.10. The van der Waals surface area contributed by atoms with Gasteiger partial charge in [-0.3, -0.25) is 4.79 Å². The molecule has 20 heavy (non-hydrogen) atoms. The number of rotatable bonds is 4. The Morgan fingerprint density at radius 1 is 1.30 bits per heavy atom. The van der Waals surface area contributed by atoms with Gasteiger partial charge in [-0.25, -0.2) is 4.39 Å². The van der Waals surface area contributed by atoms with Gasteiger partial charge in [0.15, 0.2) is 6.61 Å². The fraction of sp³-hybridized carbons (Fsp3) is 0.0714. The van der Waals surface area contributed by atoms with Crippen molar-refractivity contribution in [3.8, 4) is 5.75 Å². The maximum Gasteiger partial charge on any atom is 0.262 e. The summed E-state index contributed by atoms with van der Waals surface area (Å²) in [6.45, 7) is -0.186. The van der Waals surface area contributed by atoms with E-state index in [2.05, 4.69) is 21.2 Å². The van der Waals surface area contributed by atoms with Gasteiger partial charge < -0.3 is 10.1 Å². The largest absolute Gasteiger partial charge is 0.484 e. The van der Waals surface area contributed by atoms with Crippen LogP contribution in [0.4, 0.5) is 10.1 Å². The minimum atomic E-state index is -0.530. The molecule has 0 fully saturated rings. The third kappa shape index (κ3) is 4.21. The number of halogens is 3. The van der Waals surface area contributed by atoms with Gasteiger partial charge in [-0.05, 0) is 30.3 Å². The van der Waals surface area contributed by atoms with E-state index in [9.17, 15) is 9.18 Å². The summed E-state index contributed by atoms with van der Waals surface area (Å²) in [6, 6.07) is 11.1. The number of carbonyl (C=O) groups excluding carboxylic acids is 1. The van der Waals surface area contributed by atoms with Gasteiger partial charge in [-0.1, -0.05) is 33.6 Å². The topological polar surface area (TPSA) is 38.3 Å². The number of benzene rings is 2. The lowest BCUT2D eigenvalue weighted by Gasteiger charge is -2.08. The molecular weight excluding hydrogens is 349 g/mol. The van der Waals surface area contributed by atoms with E-state index < -0.39 is 5.82 Å². The van der Waals surface area contributed by atoms with Crippen LogP contribution < -0.4 is 10.1 Å². The molecule has 6 heteroatoms. The van der Waals surface area contributed by atoms with E-state index in [0.717, 1.165) is 4.47 Å². The van der Waals surface area contributed by atoms with Crippen LogP contribution in [0.5, 0.6) is 5.75 Å². The summed E-state index contributed by atoms with van der Waals surface area (Å²) in [6.07, 6.45) is 0. The highest BCUT2D eigenvalue weighted by atomic mass is 79.9. The first-order valence-corrected chi connectivity index (χ1v) is 6.85. The van der Waals surface area contributed by atoms with Gasteiger partial charge in [0, 0.05) is 16.2 Å². The first-order valence-electron chi connectivity index (χ1n) is 5.68. The van der Waals surface area contributed by atoms with E-state index in [1.807, 2.05) is 6.07 Å². The zero-order valence-electron chi connectivity index (χ0n) is 10.2. The summed E-state index contributed by atoms with van der Waals surface area (Å²) >= 11 is 8.93. The molecule has 0 bridgehead atoms. The summed E-state index contributed by atoms with van der Waals surface area (Å²) in [7, 11) is 0. The van der Waals surface area contributed by atoms with Gasteiger partial charge in [0.25, 0.3) is 5.91 Å². The maximum absolute atomic E-state index is 13.0. The van der Waals surface area contributed by atoms with E-state index in [0.29, 0.717) is 11.4 Å². The van der Waals surface area contributed by atoms with Crippen LogP contribution in [0.25, 0.3) is 0 Å². The minimum Gasteiger partial charge on any atom is -0.484 e. The Labute approximate surface area is 128 Å². The molecule has 0 saturated heterocycles. The van der Waals surface area contributed by atoms with Crippen LogP contribution in [0.3, 0.4) is 0 Å². The molecule has 0 atom stereocenters. The third-order valence-electron chi connectivity index (χ3n) is 2.37. The van der Waals surface area contributed by atoms with E-state index in [4.69, 9.17) is 16.3 Å². The predicted molar refractivity (Wildman–Crippen MR) is 79.7 cm³/mol. The number of nitrogens with one attached hydrogen (secondary N) is 1. The number of carbonyl (C=O) groups is 1. The van der Waals surface area contributed by atoms with E-state index in [-0.39, 0.29) is 17.5 Å². The smallest absolute Gasteiger partial charge is 0.262 e. The molecule has 1 N–H and O–H groups in total. The molecule has 0 aliphatic rings. The third-order valence-corrected chi connectivity index (χ3v) is 3.15. The summed E-state index contributed by atoms with van der Waals surface area (Å²) in [5.41, 5.74) is 0.658. The molecule has 2 rings (SSSR count). The second-order valence-corrected chi connectivity index (χ2v) is 5.25. The summed E-state index contributed by atoms with van der Waals surface area (Å²) < 4.78 is 19.0. The Balaban J connectivity index is 1.90. The number of anilines is 1. The van der Waals surface area contributed by atoms with Gasteiger partial charge in [-0.2, -0.15) is 0 Å². The molecule has 0 aliphatic heterocycles. The SMILES string of the molecule is O=C(COc1ccc(F)c(Cl)c1)Nc1cccc(Br)c1. The molecule has 0 aliphatic carbocycles. The Hall–Kier alpha value is -1.59. The average Bonchev–Trinajstić information content (AvgIpc) is 2.40. The Bertz CT molecular complexity index is 636. The second kappa shape index (κ2) is 6.72. The van der Waals surface area contributed by atoms with Crippen LogP contribution in [-0.4, -0.2) is 12.5 Å². The van der Waals surface area contributed by atoms with Crippen molar-refractivity contribution in [2.45, 2.75) is 0 Å².